The Morgan fingerprint density at radius 3 is 1.37 bits per heavy atom. The first-order chi connectivity index (χ1) is 12.4. The molecular formula is C21H43NaO4S. The Balaban J connectivity index is 0. The number of unbranched alkanes of at least 4 members (excludes halogenated alkanes) is 12. The SMILES string of the molecule is CCCCCCCCCCCCC(CCCCCCC(C)O)S(=O)(=O)[O-].[Na+]. The van der Waals surface area contributed by atoms with Crippen molar-refractivity contribution in [1.29, 1.82) is 0 Å². The van der Waals surface area contributed by atoms with Gasteiger partial charge >= 0.3 is 29.6 Å². The summed E-state index contributed by atoms with van der Waals surface area (Å²) in [6.45, 7) is 4.01. The molecule has 0 heterocycles. The largest absolute Gasteiger partial charge is 1.00 e. The molecular weight excluding hydrogens is 371 g/mol. The molecule has 0 radical (unpaired) electrons. The fraction of sp³-hybridized carbons (Fsp3) is 1.00. The summed E-state index contributed by atoms with van der Waals surface area (Å²) in [6.07, 6.45) is 17.4. The first kappa shape index (κ1) is 30.1. The van der Waals surface area contributed by atoms with E-state index in [1.54, 1.807) is 6.92 Å². The second-order valence-corrected chi connectivity index (χ2v) is 9.58. The number of aliphatic hydroxyl groups excluding tert-OH is 1. The van der Waals surface area contributed by atoms with Gasteiger partial charge in [-0.25, -0.2) is 8.42 Å². The van der Waals surface area contributed by atoms with Crippen LogP contribution in [0.3, 0.4) is 0 Å². The Kier molecular flexibility index (Phi) is 22.4. The van der Waals surface area contributed by atoms with Crippen LogP contribution in [-0.4, -0.2) is 29.4 Å². The van der Waals surface area contributed by atoms with Gasteiger partial charge in [-0.3, -0.25) is 0 Å². The molecule has 0 spiro atoms. The molecule has 0 amide bonds. The van der Waals surface area contributed by atoms with Crippen molar-refractivity contribution in [2.45, 2.75) is 134 Å². The van der Waals surface area contributed by atoms with Gasteiger partial charge in [0.25, 0.3) is 0 Å². The van der Waals surface area contributed by atoms with Gasteiger partial charge in [0.05, 0.1) is 16.2 Å². The predicted molar refractivity (Wildman–Crippen MR) is 109 cm³/mol. The van der Waals surface area contributed by atoms with Crippen LogP contribution in [0.2, 0.25) is 0 Å². The van der Waals surface area contributed by atoms with Gasteiger partial charge in [0.1, 0.15) is 0 Å². The molecule has 0 saturated heterocycles. The quantitative estimate of drug-likeness (QED) is 0.200. The van der Waals surface area contributed by atoms with E-state index in [9.17, 15) is 18.1 Å². The molecule has 0 aliphatic rings. The van der Waals surface area contributed by atoms with E-state index in [-0.39, 0.29) is 35.7 Å². The molecule has 0 aromatic heterocycles. The zero-order valence-electron chi connectivity index (χ0n) is 18.3. The maximum atomic E-state index is 11.4. The second kappa shape index (κ2) is 20.2. The van der Waals surface area contributed by atoms with Crippen LogP contribution < -0.4 is 29.6 Å². The van der Waals surface area contributed by atoms with Crippen molar-refractivity contribution in [3.8, 4) is 0 Å². The van der Waals surface area contributed by atoms with Gasteiger partial charge in [0.2, 0.25) is 0 Å². The van der Waals surface area contributed by atoms with Gasteiger partial charge in [-0.1, -0.05) is 96.8 Å². The third-order valence-electron chi connectivity index (χ3n) is 5.19. The minimum Gasteiger partial charge on any atom is -0.748 e. The van der Waals surface area contributed by atoms with E-state index >= 15 is 0 Å². The second-order valence-electron chi connectivity index (χ2n) is 7.93. The average molecular weight is 415 g/mol. The molecule has 0 aromatic carbocycles. The van der Waals surface area contributed by atoms with E-state index in [4.69, 9.17) is 0 Å². The number of aliphatic hydroxyl groups is 1. The first-order valence-corrected chi connectivity index (χ1v) is 12.5. The van der Waals surface area contributed by atoms with Gasteiger partial charge < -0.3 is 9.66 Å². The molecule has 0 fully saturated rings. The van der Waals surface area contributed by atoms with E-state index in [0.29, 0.717) is 12.8 Å². The molecule has 0 aromatic rings. The summed E-state index contributed by atoms with van der Waals surface area (Å²) in [5.74, 6) is 0. The molecule has 0 saturated carbocycles. The fourth-order valence-electron chi connectivity index (χ4n) is 3.46. The van der Waals surface area contributed by atoms with Crippen LogP contribution in [0.4, 0.5) is 0 Å². The van der Waals surface area contributed by atoms with E-state index in [1.165, 1.54) is 44.9 Å². The average Bonchev–Trinajstić information content (AvgIpc) is 2.56. The summed E-state index contributed by atoms with van der Waals surface area (Å²) in [5, 5.41) is 8.51. The van der Waals surface area contributed by atoms with Crippen LogP contribution in [0.15, 0.2) is 0 Å². The molecule has 158 valence electrons. The summed E-state index contributed by atoms with van der Waals surface area (Å²) in [6, 6.07) is 0. The van der Waals surface area contributed by atoms with Crippen LogP contribution >= 0.6 is 0 Å². The van der Waals surface area contributed by atoms with Gasteiger partial charge in [-0.2, -0.15) is 0 Å². The smallest absolute Gasteiger partial charge is 0.748 e. The number of rotatable bonds is 19. The maximum Gasteiger partial charge on any atom is 1.00 e. The zero-order valence-corrected chi connectivity index (χ0v) is 21.1. The van der Waals surface area contributed by atoms with Gasteiger partial charge in [0.15, 0.2) is 0 Å². The number of hydrogen-bond donors (Lipinski definition) is 1. The number of hydrogen-bond acceptors (Lipinski definition) is 4. The molecule has 2 atom stereocenters. The van der Waals surface area contributed by atoms with Crippen molar-refractivity contribution in [3.05, 3.63) is 0 Å². The van der Waals surface area contributed by atoms with Crippen molar-refractivity contribution in [2.75, 3.05) is 0 Å². The molecule has 27 heavy (non-hydrogen) atoms. The van der Waals surface area contributed by atoms with Gasteiger partial charge in [0, 0.05) is 5.25 Å². The van der Waals surface area contributed by atoms with E-state index in [2.05, 4.69) is 6.92 Å². The minimum atomic E-state index is -4.17. The normalized spacial score (nSPS) is 13.9. The van der Waals surface area contributed by atoms with Crippen molar-refractivity contribution in [2.24, 2.45) is 0 Å². The summed E-state index contributed by atoms with van der Waals surface area (Å²) in [5.41, 5.74) is 0. The Bertz CT molecular complexity index is 399. The Morgan fingerprint density at radius 2 is 1.04 bits per heavy atom. The molecule has 4 nitrogen and oxygen atoms in total. The fourth-order valence-corrected chi connectivity index (χ4v) is 4.37. The van der Waals surface area contributed by atoms with Crippen molar-refractivity contribution >= 4 is 10.1 Å². The molecule has 1 N–H and O–H groups in total. The summed E-state index contributed by atoms with van der Waals surface area (Å²) >= 11 is 0. The van der Waals surface area contributed by atoms with E-state index in [0.717, 1.165) is 51.4 Å². The Labute approximate surface area is 191 Å². The monoisotopic (exact) mass is 414 g/mol. The molecule has 6 heteroatoms. The van der Waals surface area contributed by atoms with E-state index < -0.39 is 15.4 Å². The van der Waals surface area contributed by atoms with Crippen LogP contribution in [0.5, 0.6) is 0 Å². The third-order valence-corrected chi connectivity index (χ3v) is 6.47. The van der Waals surface area contributed by atoms with Crippen LogP contribution in [-0.2, 0) is 10.1 Å². The maximum absolute atomic E-state index is 11.4. The predicted octanol–water partition coefficient (Wildman–Crippen LogP) is 2.94. The first-order valence-electron chi connectivity index (χ1n) is 11.0. The minimum absolute atomic E-state index is 0. The Morgan fingerprint density at radius 1 is 0.704 bits per heavy atom. The molecule has 0 rings (SSSR count). The van der Waals surface area contributed by atoms with Gasteiger partial charge in [-0.05, 0) is 26.2 Å². The third kappa shape index (κ3) is 21.4. The van der Waals surface area contributed by atoms with Crippen molar-refractivity contribution in [3.63, 3.8) is 0 Å². The standard InChI is InChI=1S/C21H44O4S.Na/c1-3-4-5-6-7-8-9-10-11-15-18-21(26(23,24)25)19-16-13-12-14-17-20(2)22;/h20-22H,3-19H2,1-2H3,(H,23,24,25);/q;+1/p-1. The van der Waals surface area contributed by atoms with Crippen molar-refractivity contribution < 1.29 is 47.6 Å². The van der Waals surface area contributed by atoms with Crippen LogP contribution in [0, 0.1) is 0 Å². The molecule has 2 unspecified atom stereocenters. The summed E-state index contributed by atoms with van der Waals surface area (Å²) in [4.78, 5) is 0. The zero-order chi connectivity index (χ0) is 19.7. The molecule has 0 aliphatic heterocycles. The molecule has 0 aliphatic carbocycles. The van der Waals surface area contributed by atoms with Crippen LogP contribution in [0.1, 0.15) is 123 Å². The summed E-state index contributed by atoms with van der Waals surface area (Å²) in [7, 11) is -4.17. The summed E-state index contributed by atoms with van der Waals surface area (Å²) < 4.78 is 34.3. The topological polar surface area (TPSA) is 77.4 Å². The van der Waals surface area contributed by atoms with Gasteiger partial charge in [-0.15, -0.1) is 0 Å². The molecule has 0 bridgehead atoms. The van der Waals surface area contributed by atoms with E-state index in [1.807, 2.05) is 0 Å². The van der Waals surface area contributed by atoms with Crippen LogP contribution in [0.25, 0.3) is 0 Å². The Hall–Kier alpha value is 0.870. The van der Waals surface area contributed by atoms with Crippen molar-refractivity contribution in [1.82, 2.24) is 0 Å².